The number of H-pyrrole nitrogens is 1. The molecule has 2 aromatic rings. The number of aromatic amines is 1. The largest absolute Gasteiger partial charge is 0.347 e. The summed E-state index contributed by atoms with van der Waals surface area (Å²) in [5, 5.41) is 5.82. The summed E-state index contributed by atoms with van der Waals surface area (Å²) in [5.74, 6) is 0. The molecule has 0 bridgehead atoms. The van der Waals surface area contributed by atoms with Crippen molar-refractivity contribution >= 4 is 11.3 Å². The van der Waals surface area contributed by atoms with Crippen LogP contribution in [0.4, 0.5) is 0 Å². The van der Waals surface area contributed by atoms with E-state index in [2.05, 4.69) is 37.7 Å². The van der Waals surface area contributed by atoms with Crippen molar-refractivity contribution in [3.05, 3.63) is 40.1 Å². The van der Waals surface area contributed by atoms with Crippen molar-refractivity contribution in [3.63, 3.8) is 0 Å². The van der Waals surface area contributed by atoms with Gasteiger partial charge in [0.05, 0.1) is 17.7 Å². The van der Waals surface area contributed by atoms with Crippen molar-refractivity contribution < 1.29 is 0 Å². The molecule has 4 rings (SSSR count). The van der Waals surface area contributed by atoms with Gasteiger partial charge in [0.1, 0.15) is 0 Å². The molecule has 1 atom stereocenters. The number of nitrogens with one attached hydrogen (secondary N) is 2. The zero-order valence-electron chi connectivity index (χ0n) is 11.5. The van der Waals surface area contributed by atoms with E-state index >= 15 is 0 Å². The SMILES string of the molecule is c1csc(CN(CC2Cc3nc[nH]c3CN2)C2CC2)c1. The third-order valence-corrected chi connectivity index (χ3v) is 5.13. The molecule has 1 saturated carbocycles. The molecule has 106 valence electrons. The van der Waals surface area contributed by atoms with Crippen LogP contribution in [0.15, 0.2) is 23.8 Å². The highest BCUT2D eigenvalue weighted by atomic mass is 32.1. The summed E-state index contributed by atoms with van der Waals surface area (Å²) >= 11 is 1.87. The van der Waals surface area contributed by atoms with E-state index in [9.17, 15) is 0 Å². The molecule has 0 aromatic carbocycles. The Labute approximate surface area is 123 Å². The van der Waals surface area contributed by atoms with E-state index in [1.54, 1.807) is 0 Å². The van der Waals surface area contributed by atoms with Gasteiger partial charge in [0, 0.05) is 43.0 Å². The average molecular weight is 288 g/mol. The van der Waals surface area contributed by atoms with Gasteiger partial charge in [0.25, 0.3) is 0 Å². The summed E-state index contributed by atoms with van der Waals surface area (Å²) in [4.78, 5) is 11.8. The zero-order valence-corrected chi connectivity index (χ0v) is 12.3. The second kappa shape index (κ2) is 5.31. The van der Waals surface area contributed by atoms with Crippen LogP contribution in [0.25, 0.3) is 0 Å². The topological polar surface area (TPSA) is 44.0 Å². The minimum absolute atomic E-state index is 0.534. The van der Waals surface area contributed by atoms with Gasteiger partial charge >= 0.3 is 0 Å². The highest BCUT2D eigenvalue weighted by Gasteiger charge is 2.32. The number of nitrogens with zero attached hydrogens (tertiary/aromatic N) is 2. The van der Waals surface area contributed by atoms with Gasteiger partial charge < -0.3 is 10.3 Å². The van der Waals surface area contributed by atoms with Crippen molar-refractivity contribution in [2.45, 2.75) is 44.4 Å². The molecule has 0 saturated heterocycles. The molecule has 3 heterocycles. The maximum Gasteiger partial charge on any atom is 0.0925 e. The Morgan fingerprint density at radius 3 is 3.15 bits per heavy atom. The van der Waals surface area contributed by atoms with Gasteiger partial charge in [0.15, 0.2) is 0 Å². The Hall–Kier alpha value is -1.17. The van der Waals surface area contributed by atoms with Gasteiger partial charge in [-0.1, -0.05) is 6.07 Å². The molecule has 0 amide bonds. The van der Waals surface area contributed by atoms with Crippen molar-refractivity contribution in [3.8, 4) is 0 Å². The van der Waals surface area contributed by atoms with Gasteiger partial charge in [0.2, 0.25) is 0 Å². The third kappa shape index (κ3) is 2.66. The van der Waals surface area contributed by atoms with Gasteiger partial charge in [-0.3, -0.25) is 4.90 Å². The molecule has 0 spiro atoms. The Morgan fingerprint density at radius 1 is 1.40 bits per heavy atom. The molecule has 2 N–H and O–H groups in total. The monoisotopic (exact) mass is 288 g/mol. The lowest BCUT2D eigenvalue weighted by Gasteiger charge is -2.30. The molecular formula is C15H20N4S. The minimum atomic E-state index is 0.534. The smallest absolute Gasteiger partial charge is 0.0925 e. The Balaban J connectivity index is 1.41. The average Bonchev–Trinajstić information content (AvgIpc) is 2.99. The van der Waals surface area contributed by atoms with Crippen molar-refractivity contribution in [2.75, 3.05) is 6.54 Å². The van der Waals surface area contributed by atoms with E-state index in [0.29, 0.717) is 6.04 Å². The molecule has 0 radical (unpaired) electrons. The molecule has 1 fully saturated rings. The summed E-state index contributed by atoms with van der Waals surface area (Å²) in [6, 6.07) is 5.74. The van der Waals surface area contributed by atoms with Gasteiger partial charge in [-0.25, -0.2) is 4.98 Å². The van der Waals surface area contributed by atoms with E-state index < -0.39 is 0 Å². The molecule has 2 aliphatic rings. The second-order valence-corrected chi connectivity index (χ2v) is 6.88. The Kier molecular flexibility index (Phi) is 3.34. The molecule has 20 heavy (non-hydrogen) atoms. The number of thiophene rings is 1. The first-order valence-electron chi connectivity index (χ1n) is 7.39. The molecule has 2 aromatic heterocycles. The maximum absolute atomic E-state index is 4.44. The minimum Gasteiger partial charge on any atom is -0.347 e. The first-order chi connectivity index (χ1) is 9.88. The Bertz CT molecular complexity index is 558. The fraction of sp³-hybridized carbons (Fsp3) is 0.533. The lowest BCUT2D eigenvalue weighted by Crippen LogP contribution is -2.45. The van der Waals surface area contributed by atoms with Crippen molar-refractivity contribution in [1.29, 1.82) is 0 Å². The number of aromatic nitrogens is 2. The van der Waals surface area contributed by atoms with Gasteiger partial charge in [-0.2, -0.15) is 0 Å². The number of fused-ring (bicyclic) bond motifs is 1. The highest BCUT2D eigenvalue weighted by Crippen LogP contribution is 2.29. The molecule has 5 heteroatoms. The van der Waals surface area contributed by atoms with Crippen LogP contribution >= 0.6 is 11.3 Å². The third-order valence-electron chi connectivity index (χ3n) is 4.27. The number of rotatable bonds is 5. The van der Waals surface area contributed by atoms with Crippen LogP contribution in [0.1, 0.15) is 29.1 Å². The summed E-state index contributed by atoms with van der Waals surface area (Å²) in [6.45, 7) is 3.17. The van der Waals surface area contributed by atoms with E-state index in [-0.39, 0.29) is 0 Å². The summed E-state index contributed by atoms with van der Waals surface area (Å²) < 4.78 is 0. The summed E-state index contributed by atoms with van der Waals surface area (Å²) in [7, 11) is 0. The van der Waals surface area contributed by atoms with E-state index in [1.807, 2.05) is 17.7 Å². The summed E-state index contributed by atoms with van der Waals surface area (Å²) in [5.41, 5.74) is 2.51. The van der Waals surface area contributed by atoms with Gasteiger partial charge in [-0.05, 0) is 24.3 Å². The number of imidazole rings is 1. The fourth-order valence-corrected chi connectivity index (χ4v) is 3.76. The second-order valence-electron chi connectivity index (χ2n) is 5.85. The lowest BCUT2D eigenvalue weighted by atomic mass is 10.0. The number of hydrogen-bond donors (Lipinski definition) is 2. The lowest BCUT2D eigenvalue weighted by molar-refractivity contribution is 0.220. The number of hydrogen-bond acceptors (Lipinski definition) is 4. The van der Waals surface area contributed by atoms with Crippen molar-refractivity contribution in [2.24, 2.45) is 0 Å². The molecule has 1 unspecified atom stereocenters. The van der Waals surface area contributed by atoms with E-state index in [1.165, 1.54) is 29.1 Å². The van der Waals surface area contributed by atoms with Crippen LogP contribution < -0.4 is 5.32 Å². The maximum atomic E-state index is 4.44. The fourth-order valence-electron chi connectivity index (χ4n) is 3.03. The van der Waals surface area contributed by atoms with Crippen LogP contribution in [0, 0.1) is 0 Å². The molecule has 1 aliphatic heterocycles. The normalized spacial score (nSPS) is 22.1. The van der Waals surface area contributed by atoms with E-state index in [0.717, 1.165) is 32.1 Å². The molecule has 4 nitrogen and oxygen atoms in total. The standard InChI is InChI=1S/C15H20N4S/c1-2-13(20-5-1)9-19(12-3-4-12)8-11-6-14-15(7-16-11)18-10-17-14/h1-2,5,10-12,16H,3-4,6-9H2,(H,17,18). The molecular weight excluding hydrogens is 268 g/mol. The van der Waals surface area contributed by atoms with Crippen LogP contribution in [0.2, 0.25) is 0 Å². The predicted octanol–water partition coefficient (Wildman–Crippen LogP) is 2.15. The van der Waals surface area contributed by atoms with Crippen LogP contribution in [-0.2, 0) is 19.5 Å². The van der Waals surface area contributed by atoms with Crippen LogP contribution in [0.3, 0.4) is 0 Å². The summed E-state index contributed by atoms with van der Waals surface area (Å²) in [6.07, 6.45) is 5.60. The van der Waals surface area contributed by atoms with Gasteiger partial charge in [-0.15, -0.1) is 11.3 Å². The first-order valence-corrected chi connectivity index (χ1v) is 8.27. The van der Waals surface area contributed by atoms with Crippen LogP contribution in [-0.4, -0.2) is 33.5 Å². The zero-order chi connectivity index (χ0) is 13.4. The van der Waals surface area contributed by atoms with E-state index in [4.69, 9.17) is 0 Å². The highest BCUT2D eigenvalue weighted by molar-refractivity contribution is 7.09. The predicted molar refractivity (Wildman–Crippen MR) is 80.7 cm³/mol. The van der Waals surface area contributed by atoms with Crippen LogP contribution in [0.5, 0.6) is 0 Å². The first kappa shape index (κ1) is 12.6. The quantitative estimate of drug-likeness (QED) is 0.886. The molecule has 1 aliphatic carbocycles. The van der Waals surface area contributed by atoms with Crippen molar-refractivity contribution in [1.82, 2.24) is 20.2 Å². The Morgan fingerprint density at radius 2 is 2.35 bits per heavy atom.